The first kappa shape index (κ1) is 14.0. The lowest BCUT2D eigenvalue weighted by atomic mass is 9.98. The van der Waals surface area contributed by atoms with E-state index in [4.69, 9.17) is 11.6 Å². The molecule has 2 aromatic carbocycles. The van der Waals surface area contributed by atoms with Crippen LogP contribution < -0.4 is 5.56 Å². The highest BCUT2D eigenvalue weighted by atomic mass is 35.5. The van der Waals surface area contributed by atoms with Crippen LogP contribution in [-0.2, 0) is 7.05 Å². The van der Waals surface area contributed by atoms with Crippen molar-refractivity contribution in [2.75, 3.05) is 0 Å². The quantitative estimate of drug-likeness (QED) is 0.533. The summed E-state index contributed by atoms with van der Waals surface area (Å²) in [4.78, 5) is 25.3. The van der Waals surface area contributed by atoms with Gasteiger partial charge in [0, 0.05) is 40.4 Å². The first-order valence-electron chi connectivity index (χ1n) is 7.22. The average molecular weight is 322 g/mol. The van der Waals surface area contributed by atoms with Crippen LogP contribution in [0.5, 0.6) is 0 Å². The summed E-state index contributed by atoms with van der Waals surface area (Å²) in [5, 5.41) is 0.520. The van der Waals surface area contributed by atoms with E-state index in [1.54, 1.807) is 19.2 Å². The zero-order valence-corrected chi connectivity index (χ0v) is 13.1. The van der Waals surface area contributed by atoms with E-state index in [0.29, 0.717) is 33.0 Å². The molecule has 0 amide bonds. The van der Waals surface area contributed by atoms with E-state index in [-0.39, 0.29) is 11.3 Å². The maximum Gasteiger partial charge on any atom is 0.251 e. The van der Waals surface area contributed by atoms with Gasteiger partial charge in [-0.15, -0.1) is 0 Å². The Hall–Kier alpha value is -2.65. The van der Waals surface area contributed by atoms with Gasteiger partial charge in [0.15, 0.2) is 5.78 Å². The Morgan fingerprint density at radius 2 is 1.43 bits per heavy atom. The number of hydrogen-bond donors (Lipinski definition) is 0. The van der Waals surface area contributed by atoms with Crippen LogP contribution in [0.15, 0.2) is 59.4 Å². The minimum absolute atomic E-state index is 0.0684. The highest BCUT2D eigenvalue weighted by Gasteiger charge is 2.32. The molecule has 0 fully saturated rings. The molecule has 0 aliphatic heterocycles. The van der Waals surface area contributed by atoms with Crippen molar-refractivity contribution in [3.05, 3.63) is 81.1 Å². The number of rotatable bonds is 1. The fourth-order valence-corrected chi connectivity index (χ4v) is 3.39. The number of ketones is 1. The molecule has 3 aromatic rings. The number of pyridine rings is 1. The van der Waals surface area contributed by atoms with Gasteiger partial charge in [-0.2, -0.15) is 0 Å². The molecule has 1 aliphatic rings. The molecule has 4 rings (SSSR count). The molecule has 0 saturated carbocycles. The molecule has 0 atom stereocenters. The molecule has 1 aromatic heterocycles. The highest BCUT2D eigenvalue weighted by Crippen LogP contribution is 2.41. The maximum absolute atomic E-state index is 12.9. The second-order valence-electron chi connectivity index (χ2n) is 5.53. The Kier molecular flexibility index (Phi) is 3.00. The minimum Gasteiger partial charge on any atom is -0.311 e. The van der Waals surface area contributed by atoms with Crippen LogP contribution in [0.25, 0.3) is 22.4 Å². The summed E-state index contributed by atoms with van der Waals surface area (Å²) in [7, 11) is 1.69. The number of nitrogens with zero attached hydrogens (tertiary/aromatic N) is 1. The molecular weight excluding hydrogens is 310 g/mol. The fourth-order valence-electron chi connectivity index (χ4n) is 3.16. The molecule has 0 unspecified atom stereocenters. The van der Waals surface area contributed by atoms with Gasteiger partial charge in [0.25, 0.3) is 5.56 Å². The average Bonchev–Trinajstić information content (AvgIpc) is 2.86. The maximum atomic E-state index is 12.9. The van der Waals surface area contributed by atoms with Crippen molar-refractivity contribution >= 4 is 17.4 Å². The van der Waals surface area contributed by atoms with Crippen molar-refractivity contribution in [3.8, 4) is 22.4 Å². The molecular formula is C19H12ClNO2. The summed E-state index contributed by atoms with van der Waals surface area (Å²) < 4.78 is 1.53. The van der Waals surface area contributed by atoms with Crippen molar-refractivity contribution in [1.29, 1.82) is 0 Å². The van der Waals surface area contributed by atoms with Crippen LogP contribution in [0.3, 0.4) is 0 Å². The lowest BCUT2D eigenvalue weighted by molar-refractivity contribution is 0.104. The van der Waals surface area contributed by atoms with Crippen LogP contribution in [0.2, 0.25) is 5.02 Å². The lowest BCUT2D eigenvalue weighted by Gasteiger charge is -2.12. The molecule has 0 spiro atoms. The minimum atomic E-state index is -0.164. The molecule has 3 nitrogen and oxygen atoms in total. The topological polar surface area (TPSA) is 39.1 Å². The lowest BCUT2D eigenvalue weighted by Crippen LogP contribution is -2.19. The first-order chi connectivity index (χ1) is 11.1. The van der Waals surface area contributed by atoms with E-state index >= 15 is 0 Å². The third-order valence-corrected chi connectivity index (χ3v) is 4.59. The number of halogens is 1. The van der Waals surface area contributed by atoms with Crippen molar-refractivity contribution in [1.82, 2.24) is 4.57 Å². The van der Waals surface area contributed by atoms with Gasteiger partial charge in [-0.3, -0.25) is 9.59 Å². The summed E-state index contributed by atoms with van der Waals surface area (Å²) in [6.45, 7) is 0. The van der Waals surface area contributed by atoms with E-state index in [1.807, 2.05) is 36.4 Å². The van der Waals surface area contributed by atoms with Gasteiger partial charge in [0.1, 0.15) is 0 Å². The molecule has 4 heteroatoms. The van der Waals surface area contributed by atoms with E-state index in [1.165, 1.54) is 10.6 Å². The van der Waals surface area contributed by atoms with Crippen LogP contribution >= 0.6 is 11.6 Å². The standard InChI is InChI=1S/C19H12ClNO2/c1-21-16(22)10-14(11-6-4-5-9-15(11)20)17-18(21)12-7-2-3-8-13(12)19(17)23/h2-10H,1H3. The molecule has 23 heavy (non-hydrogen) atoms. The Balaban J connectivity index is 2.15. The summed E-state index contributed by atoms with van der Waals surface area (Å²) in [6, 6.07) is 16.1. The van der Waals surface area contributed by atoms with Gasteiger partial charge in [-0.1, -0.05) is 54.1 Å². The summed E-state index contributed by atoms with van der Waals surface area (Å²) >= 11 is 6.29. The van der Waals surface area contributed by atoms with Gasteiger partial charge < -0.3 is 4.57 Å². The first-order valence-corrected chi connectivity index (χ1v) is 7.60. The van der Waals surface area contributed by atoms with E-state index < -0.39 is 0 Å². The number of benzene rings is 2. The van der Waals surface area contributed by atoms with Crippen LogP contribution in [-0.4, -0.2) is 10.4 Å². The Morgan fingerprint density at radius 3 is 2.13 bits per heavy atom. The number of carbonyl (C=O) groups is 1. The molecule has 112 valence electrons. The normalized spacial score (nSPS) is 12.2. The Labute approximate surface area is 137 Å². The van der Waals surface area contributed by atoms with E-state index in [0.717, 1.165) is 5.56 Å². The zero-order chi connectivity index (χ0) is 16.1. The summed E-state index contributed by atoms with van der Waals surface area (Å²) in [6.07, 6.45) is 0. The third kappa shape index (κ3) is 1.90. The smallest absolute Gasteiger partial charge is 0.251 e. The molecule has 0 N–H and O–H groups in total. The summed E-state index contributed by atoms with van der Waals surface area (Å²) in [5.41, 5.74) is 3.75. The van der Waals surface area contributed by atoms with Gasteiger partial charge >= 0.3 is 0 Å². The van der Waals surface area contributed by atoms with E-state index in [2.05, 4.69) is 0 Å². The molecule has 0 saturated heterocycles. The zero-order valence-electron chi connectivity index (χ0n) is 12.3. The number of carbonyl (C=O) groups excluding carboxylic acids is 1. The molecule has 0 radical (unpaired) electrons. The summed E-state index contributed by atoms with van der Waals surface area (Å²) in [5.74, 6) is -0.0684. The second-order valence-corrected chi connectivity index (χ2v) is 5.94. The number of hydrogen-bond acceptors (Lipinski definition) is 2. The second kappa shape index (κ2) is 4.93. The predicted octanol–water partition coefficient (Wildman–Crippen LogP) is 3.92. The van der Waals surface area contributed by atoms with Crippen LogP contribution in [0, 0.1) is 0 Å². The van der Waals surface area contributed by atoms with E-state index in [9.17, 15) is 9.59 Å². The van der Waals surface area contributed by atoms with Crippen molar-refractivity contribution in [2.45, 2.75) is 0 Å². The Bertz CT molecular complexity index is 1030. The van der Waals surface area contributed by atoms with Gasteiger partial charge in [-0.05, 0) is 6.07 Å². The van der Waals surface area contributed by atoms with Gasteiger partial charge in [0.2, 0.25) is 0 Å². The van der Waals surface area contributed by atoms with Crippen molar-refractivity contribution in [2.24, 2.45) is 7.05 Å². The van der Waals surface area contributed by atoms with Crippen LogP contribution in [0.1, 0.15) is 15.9 Å². The molecule has 0 bridgehead atoms. The van der Waals surface area contributed by atoms with Crippen LogP contribution in [0.4, 0.5) is 0 Å². The van der Waals surface area contributed by atoms with Crippen molar-refractivity contribution in [3.63, 3.8) is 0 Å². The number of aromatic nitrogens is 1. The Morgan fingerprint density at radius 1 is 0.826 bits per heavy atom. The SMILES string of the molecule is Cn1c2c(c(-c3ccccc3Cl)cc1=O)C(=O)c1ccccc1-2. The number of fused-ring (bicyclic) bond motifs is 3. The molecule has 1 heterocycles. The third-order valence-electron chi connectivity index (χ3n) is 4.26. The largest absolute Gasteiger partial charge is 0.311 e. The molecule has 1 aliphatic carbocycles. The predicted molar refractivity (Wildman–Crippen MR) is 91.0 cm³/mol. The highest BCUT2D eigenvalue weighted by molar-refractivity contribution is 6.34. The van der Waals surface area contributed by atoms with Gasteiger partial charge in [-0.25, -0.2) is 0 Å². The monoisotopic (exact) mass is 321 g/mol. The van der Waals surface area contributed by atoms with Crippen molar-refractivity contribution < 1.29 is 4.79 Å². The van der Waals surface area contributed by atoms with Gasteiger partial charge in [0.05, 0.1) is 11.3 Å². The fraction of sp³-hybridized carbons (Fsp3) is 0.0526.